The molecular formula is C14H15BrClFO2. The van der Waals surface area contributed by atoms with Crippen molar-refractivity contribution in [2.75, 3.05) is 0 Å². The van der Waals surface area contributed by atoms with Crippen LogP contribution < -0.4 is 0 Å². The standard InChI is InChI=1S/C14H15BrClFO2/c1-8(2)5-10(18)7-11(15)14(19)9-3-4-13(17)12(16)6-9/h3-4,6,8,11H,5,7H2,1-2H3. The van der Waals surface area contributed by atoms with E-state index >= 15 is 0 Å². The summed E-state index contributed by atoms with van der Waals surface area (Å²) in [6.45, 7) is 3.89. The molecule has 0 aliphatic carbocycles. The molecule has 19 heavy (non-hydrogen) atoms. The van der Waals surface area contributed by atoms with Gasteiger partial charge < -0.3 is 0 Å². The van der Waals surface area contributed by atoms with Crippen LogP contribution in [0.3, 0.4) is 0 Å². The molecule has 0 aliphatic rings. The van der Waals surface area contributed by atoms with Gasteiger partial charge in [-0.25, -0.2) is 4.39 Å². The zero-order valence-electron chi connectivity index (χ0n) is 10.8. The Morgan fingerprint density at radius 2 is 1.95 bits per heavy atom. The summed E-state index contributed by atoms with van der Waals surface area (Å²) in [4.78, 5) is 23.1. The molecule has 1 rings (SSSR count). The molecule has 0 fully saturated rings. The molecule has 1 aromatic rings. The molecule has 104 valence electrons. The molecule has 0 N–H and O–H groups in total. The first-order valence-corrected chi connectivity index (χ1v) is 7.25. The lowest BCUT2D eigenvalue weighted by Crippen LogP contribution is -2.19. The summed E-state index contributed by atoms with van der Waals surface area (Å²) in [5, 5.41) is -0.0981. The van der Waals surface area contributed by atoms with E-state index in [9.17, 15) is 14.0 Å². The van der Waals surface area contributed by atoms with Crippen LogP contribution in [-0.4, -0.2) is 16.4 Å². The number of Topliss-reactive ketones (excluding diaryl/α,β-unsaturated/α-hetero) is 2. The largest absolute Gasteiger partial charge is 0.300 e. The summed E-state index contributed by atoms with van der Waals surface area (Å²) < 4.78 is 13.0. The minimum Gasteiger partial charge on any atom is -0.300 e. The molecule has 2 nitrogen and oxygen atoms in total. The third-order valence-electron chi connectivity index (χ3n) is 2.53. The maximum atomic E-state index is 13.0. The van der Waals surface area contributed by atoms with Crippen LogP contribution in [0.25, 0.3) is 0 Å². The van der Waals surface area contributed by atoms with Gasteiger partial charge in [-0.1, -0.05) is 41.4 Å². The highest BCUT2D eigenvalue weighted by molar-refractivity contribution is 9.10. The molecule has 0 heterocycles. The first kappa shape index (κ1) is 16.3. The van der Waals surface area contributed by atoms with E-state index in [1.54, 1.807) is 0 Å². The Morgan fingerprint density at radius 3 is 2.47 bits per heavy atom. The minimum atomic E-state index is -0.597. The molecule has 0 aliphatic heterocycles. The van der Waals surface area contributed by atoms with E-state index in [2.05, 4.69) is 15.9 Å². The van der Waals surface area contributed by atoms with E-state index in [0.717, 1.165) is 6.07 Å². The van der Waals surface area contributed by atoms with Crippen LogP contribution in [0.4, 0.5) is 4.39 Å². The van der Waals surface area contributed by atoms with Gasteiger partial charge in [0.2, 0.25) is 0 Å². The zero-order valence-corrected chi connectivity index (χ0v) is 13.1. The third kappa shape index (κ3) is 5.03. The predicted molar refractivity (Wildman–Crippen MR) is 77.5 cm³/mol. The predicted octanol–water partition coefficient (Wildman–Crippen LogP) is 4.43. The van der Waals surface area contributed by atoms with E-state index < -0.39 is 10.6 Å². The van der Waals surface area contributed by atoms with Gasteiger partial charge in [0.1, 0.15) is 11.6 Å². The first-order chi connectivity index (χ1) is 8.81. The van der Waals surface area contributed by atoms with Gasteiger partial charge in [0.25, 0.3) is 0 Å². The van der Waals surface area contributed by atoms with Crippen molar-refractivity contribution in [2.45, 2.75) is 31.5 Å². The molecular weight excluding hydrogens is 335 g/mol. The molecule has 0 amide bonds. The van der Waals surface area contributed by atoms with Crippen LogP contribution in [0.2, 0.25) is 5.02 Å². The van der Waals surface area contributed by atoms with Crippen molar-refractivity contribution in [2.24, 2.45) is 5.92 Å². The number of alkyl halides is 1. The fraction of sp³-hybridized carbons (Fsp3) is 0.429. The number of halogens is 3. The van der Waals surface area contributed by atoms with E-state index in [-0.39, 0.29) is 28.9 Å². The number of hydrogen-bond acceptors (Lipinski definition) is 2. The van der Waals surface area contributed by atoms with Crippen LogP contribution in [0, 0.1) is 11.7 Å². The fourth-order valence-electron chi connectivity index (χ4n) is 1.66. The van der Waals surface area contributed by atoms with Gasteiger partial charge in [0.05, 0.1) is 9.85 Å². The summed E-state index contributed by atoms with van der Waals surface area (Å²) >= 11 is 8.83. The number of ketones is 2. The van der Waals surface area contributed by atoms with Crippen LogP contribution in [0.1, 0.15) is 37.0 Å². The quantitative estimate of drug-likeness (QED) is 0.562. The SMILES string of the molecule is CC(C)CC(=O)CC(Br)C(=O)c1ccc(F)c(Cl)c1. The molecule has 0 bridgehead atoms. The Labute approximate surface area is 125 Å². The molecule has 5 heteroatoms. The Hall–Kier alpha value is -0.740. The highest BCUT2D eigenvalue weighted by atomic mass is 79.9. The van der Waals surface area contributed by atoms with Crippen molar-refractivity contribution in [3.63, 3.8) is 0 Å². The van der Waals surface area contributed by atoms with Gasteiger partial charge >= 0.3 is 0 Å². The third-order valence-corrected chi connectivity index (χ3v) is 3.56. The van der Waals surface area contributed by atoms with Crippen molar-refractivity contribution < 1.29 is 14.0 Å². The average Bonchev–Trinajstić information content (AvgIpc) is 2.30. The van der Waals surface area contributed by atoms with Crippen LogP contribution in [0.15, 0.2) is 18.2 Å². The fourth-order valence-corrected chi connectivity index (χ4v) is 2.47. The summed E-state index contributed by atoms with van der Waals surface area (Å²) in [7, 11) is 0. The maximum absolute atomic E-state index is 13.0. The molecule has 0 spiro atoms. The topological polar surface area (TPSA) is 34.1 Å². The van der Waals surface area contributed by atoms with Gasteiger partial charge in [0, 0.05) is 18.4 Å². The van der Waals surface area contributed by atoms with Gasteiger partial charge in [-0.15, -0.1) is 0 Å². The van der Waals surface area contributed by atoms with E-state index in [1.807, 2.05) is 13.8 Å². The molecule has 1 atom stereocenters. The lowest BCUT2D eigenvalue weighted by atomic mass is 10.0. The molecule has 0 saturated carbocycles. The average molecular weight is 350 g/mol. The number of hydrogen-bond donors (Lipinski definition) is 0. The van der Waals surface area contributed by atoms with E-state index in [0.29, 0.717) is 12.0 Å². The Kier molecular flexibility index (Phi) is 6.14. The summed E-state index contributed by atoms with van der Waals surface area (Å²) in [5.74, 6) is -0.541. The van der Waals surface area contributed by atoms with Gasteiger partial charge in [-0.2, -0.15) is 0 Å². The van der Waals surface area contributed by atoms with Crippen LogP contribution >= 0.6 is 27.5 Å². The van der Waals surface area contributed by atoms with Crippen molar-refractivity contribution in [3.05, 3.63) is 34.6 Å². The summed E-state index contributed by atoms with van der Waals surface area (Å²) in [6, 6.07) is 3.79. The molecule has 0 radical (unpaired) electrons. The summed E-state index contributed by atoms with van der Waals surface area (Å²) in [5.41, 5.74) is 0.297. The van der Waals surface area contributed by atoms with Crippen molar-refractivity contribution in [3.8, 4) is 0 Å². The normalized spacial score (nSPS) is 12.5. The van der Waals surface area contributed by atoms with Gasteiger partial charge in [-0.05, 0) is 24.1 Å². The molecule has 1 unspecified atom stereocenters. The Bertz CT molecular complexity index is 488. The summed E-state index contributed by atoms with van der Waals surface area (Å²) in [6.07, 6.45) is 0.575. The monoisotopic (exact) mass is 348 g/mol. The number of benzene rings is 1. The van der Waals surface area contributed by atoms with E-state index in [4.69, 9.17) is 11.6 Å². The number of rotatable bonds is 6. The highest BCUT2D eigenvalue weighted by Crippen LogP contribution is 2.21. The smallest absolute Gasteiger partial charge is 0.176 e. The van der Waals surface area contributed by atoms with Gasteiger partial charge in [-0.3, -0.25) is 9.59 Å². The van der Waals surface area contributed by atoms with Crippen molar-refractivity contribution in [1.82, 2.24) is 0 Å². The minimum absolute atomic E-state index is 0.0263. The second kappa shape index (κ2) is 7.15. The Balaban J connectivity index is 2.71. The number of carbonyl (C=O) groups is 2. The van der Waals surface area contributed by atoms with Crippen molar-refractivity contribution in [1.29, 1.82) is 0 Å². The second-order valence-electron chi connectivity index (χ2n) is 4.80. The van der Waals surface area contributed by atoms with Crippen molar-refractivity contribution >= 4 is 39.1 Å². The molecule has 0 saturated heterocycles. The lowest BCUT2D eigenvalue weighted by Gasteiger charge is -2.10. The Morgan fingerprint density at radius 1 is 1.32 bits per heavy atom. The molecule has 1 aromatic carbocycles. The van der Waals surface area contributed by atoms with E-state index in [1.165, 1.54) is 12.1 Å². The van der Waals surface area contributed by atoms with Crippen LogP contribution in [0.5, 0.6) is 0 Å². The highest BCUT2D eigenvalue weighted by Gasteiger charge is 2.21. The zero-order chi connectivity index (χ0) is 14.6. The second-order valence-corrected chi connectivity index (χ2v) is 6.31. The van der Waals surface area contributed by atoms with Gasteiger partial charge in [0.15, 0.2) is 5.78 Å². The lowest BCUT2D eigenvalue weighted by molar-refractivity contribution is -0.119. The first-order valence-electron chi connectivity index (χ1n) is 5.96. The van der Waals surface area contributed by atoms with Crippen LogP contribution in [-0.2, 0) is 4.79 Å². The molecule has 0 aromatic heterocycles. The number of carbonyl (C=O) groups excluding carboxylic acids is 2. The maximum Gasteiger partial charge on any atom is 0.176 e.